The Labute approximate surface area is 476 Å². The van der Waals surface area contributed by atoms with Crippen LogP contribution in [0.4, 0.5) is 0 Å². The fourth-order valence-corrected chi connectivity index (χ4v) is 11.0. The number of hydrogen-bond acceptors (Lipinski definition) is 1. The molecule has 0 unspecified atom stereocenters. The van der Waals surface area contributed by atoms with E-state index in [2.05, 4.69) is 252 Å². The third-order valence-corrected chi connectivity index (χ3v) is 15.5. The molecule has 0 saturated heterocycles. The van der Waals surface area contributed by atoms with Gasteiger partial charge in [-0.05, 0) is 108 Å². The van der Waals surface area contributed by atoms with Crippen LogP contribution in [-0.4, -0.2) is 22.5 Å². The topological polar surface area (TPSA) is 53.5 Å². The molecule has 0 aliphatic heterocycles. The minimum atomic E-state index is -0.167. The van der Waals surface area contributed by atoms with E-state index in [0.29, 0.717) is 11.4 Å². The highest BCUT2D eigenvalue weighted by Gasteiger charge is 2.30. The number of fused-ring (bicyclic) bond motifs is 3. The second kappa shape index (κ2) is 21.8. The lowest BCUT2D eigenvalue weighted by atomic mass is 9.82. The smallest absolute Gasteiger partial charge is 0.161 e. The van der Waals surface area contributed by atoms with E-state index in [-0.39, 0.29) is 16.7 Å². The van der Waals surface area contributed by atoms with E-state index in [1.54, 1.807) is 0 Å². The maximum absolute atomic E-state index is 10.2. The van der Waals surface area contributed by atoms with Crippen LogP contribution in [0.15, 0.2) is 277 Å². The zero-order valence-corrected chi connectivity index (χ0v) is 46.8. The molecule has 12 aromatic rings. The summed E-state index contributed by atoms with van der Waals surface area (Å²) in [5.41, 5.74) is 20.8. The van der Waals surface area contributed by atoms with E-state index in [1.165, 1.54) is 21.9 Å². The Kier molecular flexibility index (Phi) is 14.0. The highest BCUT2D eigenvalue weighted by atomic mass is 15.0. The first-order valence-electron chi connectivity index (χ1n) is 28.0. The van der Waals surface area contributed by atoms with Crippen LogP contribution in [0.3, 0.4) is 0 Å². The van der Waals surface area contributed by atoms with E-state index >= 15 is 0 Å². The third-order valence-electron chi connectivity index (χ3n) is 15.5. The highest BCUT2D eigenvalue weighted by molar-refractivity contribution is 6.20. The molecule has 0 aliphatic carbocycles. The standard InChI is InChI=1S/C77H64N4/c1-76(2,3)63-47-67(57-31-19-10-20-32-57)72-69(49-63)70-50-64(77(4,5)6)48-68(58-33-21-11-22-34-58)73(70)81(72)71-65(59-41-37-55(38-42-59)53-27-15-8-16-28-53)45-62(46-66(71)60-43-39-56(40-44-60)54-29-17-9-18-30-54)74(78)80-75(61-35-23-12-24-36-61)79-51-52-25-13-7-14-26-52/h7-51,78H,1-6H3/b78-74?,79-51+,80-75-. The number of hydrogen-bond donors (Lipinski definition) is 1. The first-order valence-corrected chi connectivity index (χ1v) is 28.0. The predicted molar refractivity (Wildman–Crippen MR) is 345 cm³/mol. The molecule has 0 fully saturated rings. The molecule has 0 saturated carbocycles. The van der Waals surface area contributed by atoms with Crippen LogP contribution in [0.2, 0.25) is 0 Å². The average Bonchev–Trinajstić information content (AvgIpc) is 3.88. The van der Waals surface area contributed by atoms with Crippen molar-refractivity contribution in [3.63, 3.8) is 0 Å². The second-order valence-corrected chi connectivity index (χ2v) is 23.0. The predicted octanol–water partition coefficient (Wildman–Crippen LogP) is 20.3. The number of nitrogens with zero attached hydrogens (tertiary/aromatic N) is 3. The molecular weight excluding hydrogens is 981 g/mol. The van der Waals surface area contributed by atoms with Crippen molar-refractivity contribution in [2.75, 3.05) is 0 Å². The van der Waals surface area contributed by atoms with Crippen LogP contribution < -0.4 is 0 Å². The minimum Gasteiger partial charge on any atom is -0.307 e. The molecule has 1 heterocycles. The Morgan fingerprint density at radius 3 is 1.09 bits per heavy atom. The van der Waals surface area contributed by atoms with Gasteiger partial charge in [0, 0.05) is 50.4 Å². The molecule has 0 bridgehead atoms. The third kappa shape index (κ3) is 10.6. The summed E-state index contributed by atoms with van der Waals surface area (Å²) >= 11 is 0. The Morgan fingerprint density at radius 2 is 0.691 bits per heavy atom. The molecule has 0 radical (unpaired) electrons. The fourth-order valence-electron chi connectivity index (χ4n) is 11.0. The van der Waals surface area contributed by atoms with Gasteiger partial charge in [-0.1, -0.05) is 272 Å². The molecule has 4 heteroatoms. The Hall–Kier alpha value is -9.77. The van der Waals surface area contributed by atoms with Crippen LogP contribution >= 0.6 is 0 Å². The zero-order chi connectivity index (χ0) is 55.7. The normalized spacial score (nSPS) is 12.1. The van der Waals surface area contributed by atoms with Gasteiger partial charge in [0.1, 0.15) is 0 Å². The van der Waals surface area contributed by atoms with Crippen molar-refractivity contribution in [3.05, 3.63) is 295 Å². The first kappa shape index (κ1) is 52.0. The summed E-state index contributed by atoms with van der Waals surface area (Å²) in [6.07, 6.45) is 1.83. The summed E-state index contributed by atoms with van der Waals surface area (Å²) in [6, 6.07) is 95.1. The van der Waals surface area contributed by atoms with Crippen molar-refractivity contribution in [2.24, 2.45) is 9.98 Å². The number of amidine groups is 2. The minimum absolute atomic E-state index is 0.0942. The number of benzene rings is 11. The average molecular weight is 1050 g/mol. The van der Waals surface area contributed by atoms with Crippen molar-refractivity contribution in [3.8, 4) is 72.4 Å². The summed E-state index contributed by atoms with van der Waals surface area (Å²) in [5.74, 6) is 0.541. The molecule has 12 rings (SSSR count). The van der Waals surface area contributed by atoms with Crippen LogP contribution in [-0.2, 0) is 10.8 Å². The molecule has 1 aromatic heterocycles. The molecule has 392 valence electrons. The summed E-state index contributed by atoms with van der Waals surface area (Å²) in [6.45, 7) is 13.9. The maximum atomic E-state index is 10.2. The summed E-state index contributed by atoms with van der Waals surface area (Å²) in [5, 5.41) is 12.6. The maximum Gasteiger partial charge on any atom is 0.161 e. The molecule has 81 heavy (non-hydrogen) atoms. The van der Waals surface area contributed by atoms with Gasteiger partial charge < -0.3 is 4.57 Å². The van der Waals surface area contributed by atoms with Crippen molar-refractivity contribution < 1.29 is 0 Å². The van der Waals surface area contributed by atoms with Gasteiger partial charge in [-0.25, -0.2) is 9.98 Å². The van der Waals surface area contributed by atoms with Gasteiger partial charge >= 0.3 is 0 Å². The lowest BCUT2D eigenvalue weighted by Gasteiger charge is -2.25. The summed E-state index contributed by atoms with van der Waals surface area (Å²) < 4.78 is 2.59. The molecule has 0 aliphatic rings. The van der Waals surface area contributed by atoms with Gasteiger partial charge in [-0.2, -0.15) is 0 Å². The number of aromatic nitrogens is 1. The van der Waals surface area contributed by atoms with Crippen molar-refractivity contribution in [2.45, 2.75) is 52.4 Å². The van der Waals surface area contributed by atoms with Crippen LogP contribution in [0.1, 0.15) is 69.4 Å². The van der Waals surface area contributed by atoms with Gasteiger partial charge in [-0.3, -0.25) is 5.41 Å². The van der Waals surface area contributed by atoms with Gasteiger partial charge in [0.2, 0.25) is 0 Å². The number of nitrogens with one attached hydrogen (secondary N) is 1. The van der Waals surface area contributed by atoms with Crippen LogP contribution in [0, 0.1) is 5.41 Å². The van der Waals surface area contributed by atoms with Gasteiger partial charge in [0.25, 0.3) is 0 Å². The summed E-state index contributed by atoms with van der Waals surface area (Å²) in [7, 11) is 0. The Bertz CT molecular complexity index is 4060. The Morgan fingerprint density at radius 1 is 0.358 bits per heavy atom. The van der Waals surface area contributed by atoms with Crippen LogP contribution in [0.5, 0.6) is 0 Å². The molecular formula is C77H64N4. The number of rotatable bonds is 10. The van der Waals surface area contributed by atoms with E-state index < -0.39 is 0 Å². The lowest BCUT2D eigenvalue weighted by molar-refractivity contribution is 0.590. The second-order valence-electron chi connectivity index (χ2n) is 23.0. The largest absolute Gasteiger partial charge is 0.307 e. The lowest BCUT2D eigenvalue weighted by Crippen LogP contribution is -2.11. The molecule has 4 nitrogen and oxygen atoms in total. The SMILES string of the molecule is CC(C)(C)c1cc(-c2ccccc2)c2c(c1)c1cc(C(C)(C)C)cc(-c3ccccc3)c1n2-c1c(-c2ccc(-c3ccccc3)cc2)cc(C(=N)/N=C(\N=C\c2ccccc2)c2ccccc2)cc1-c1ccc(-c2ccccc2)cc1. The van der Waals surface area contributed by atoms with Gasteiger partial charge in [-0.15, -0.1) is 0 Å². The monoisotopic (exact) mass is 1040 g/mol. The molecule has 11 aromatic carbocycles. The fraction of sp³-hybridized carbons (Fsp3) is 0.104. The quantitative estimate of drug-likeness (QED) is 0.105. The first-order chi connectivity index (χ1) is 39.4. The molecule has 0 atom stereocenters. The zero-order valence-electron chi connectivity index (χ0n) is 46.8. The molecule has 0 spiro atoms. The molecule has 0 amide bonds. The van der Waals surface area contributed by atoms with Crippen molar-refractivity contribution >= 4 is 39.7 Å². The highest BCUT2D eigenvalue weighted by Crippen LogP contribution is 2.50. The van der Waals surface area contributed by atoms with Gasteiger partial charge in [0.15, 0.2) is 11.7 Å². The Balaban J connectivity index is 1.25. The van der Waals surface area contributed by atoms with E-state index in [9.17, 15) is 5.41 Å². The van der Waals surface area contributed by atoms with Crippen LogP contribution in [0.25, 0.3) is 94.3 Å². The van der Waals surface area contributed by atoms with E-state index in [0.717, 1.165) is 94.6 Å². The van der Waals surface area contributed by atoms with Crippen molar-refractivity contribution in [1.29, 1.82) is 5.41 Å². The van der Waals surface area contributed by atoms with Crippen molar-refractivity contribution in [1.82, 2.24) is 4.57 Å². The molecule has 1 N–H and O–H groups in total. The summed E-state index contributed by atoms with van der Waals surface area (Å²) in [4.78, 5) is 10.2. The van der Waals surface area contributed by atoms with E-state index in [1.807, 2.05) is 66.9 Å². The van der Waals surface area contributed by atoms with Gasteiger partial charge in [0.05, 0.1) is 16.7 Å². The number of aliphatic imine (C=N–C) groups is 2. The van der Waals surface area contributed by atoms with E-state index in [4.69, 9.17) is 9.98 Å².